The molecule has 0 atom stereocenters. The molecule has 0 spiro atoms. The van der Waals surface area contributed by atoms with Crippen molar-refractivity contribution in [1.29, 1.82) is 0 Å². The summed E-state index contributed by atoms with van der Waals surface area (Å²) < 4.78 is 0. The van der Waals surface area contributed by atoms with Crippen molar-refractivity contribution in [3.8, 4) is 0 Å². The van der Waals surface area contributed by atoms with Crippen molar-refractivity contribution in [2.45, 2.75) is 13.5 Å². The Hall–Kier alpha value is -1.10. The molecule has 0 saturated carbocycles. The first-order chi connectivity index (χ1) is 8.74. The summed E-state index contributed by atoms with van der Waals surface area (Å²) in [5.74, 6) is 1.03. The van der Waals surface area contributed by atoms with Gasteiger partial charge in [0, 0.05) is 31.2 Å². The van der Waals surface area contributed by atoms with Crippen LogP contribution in [0.15, 0.2) is 12.1 Å². The number of rotatable bonds is 2. The number of aryl methyl sites for hydroxylation is 1. The van der Waals surface area contributed by atoms with E-state index in [1.54, 1.807) is 0 Å². The van der Waals surface area contributed by atoms with Crippen LogP contribution in [0.25, 0.3) is 11.0 Å². The second-order valence-corrected chi connectivity index (χ2v) is 5.19. The molecule has 0 aliphatic carbocycles. The number of halogens is 1. The van der Waals surface area contributed by atoms with Gasteiger partial charge in [-0.2, -0.15) is 0 Å². The lowest BCUT2D eigenvalue weighted by Gasteiger charge is -2.26. The van der Waals surface area contributed by atoms with Crippen LogP contribution in [0.3, 0.4) is 0 Å². The van der Waals surface area contributed by atoms with Gasteiger partial charge in [-0.25, -0.2) is 4.98 Å². The molecule has 1 fully saturated rings. The number of fused-ring (bicyclic) bond motifs is 1. The van der Waals surface area contributed by atoms with Gasteiger partial charge in [0.05, 0.1) is 17.6 Å². The lowest BCUT2D eigenvalue weighted by molar-refractivity contribution is 0.229. The van der Waals surface area contributed by atoms with Crippen molar-refractivity contribution < 1.29 is 0 Å². The average molecular weight is 265 g/mol. The summed E-state index contributed by atoms with van der Waals surface area (Å²) >= 11 is 6.12. The van der Waals surface area contributed by atoms with Crippen LogP contribution in [0, 0.1) is 6.92 Å². The molecule has 1 aliphatic heterocycles. The van der Waals surface area contributed by atoms with Gasteiger partial charge in [0.1, 0.15) is 5.82 Å². The number of piperazine rings is 1. The van der Waals surface area contributed by atoms with Gasteiger partial charge in [-0.15, -0.1) is 0 Å². The van der Waals surface area contributed by atoms with E-state index in [4.69, 9.17) is 11.6 Å². The van der Waals surface area contributed by atoms with E-state index in [9.17, 15) is 0 Å². The molecule has 1 saturated heterocycles. The Morgan fingerprint density at radius 3 is 2.89 bits per heavy atom. The molecule has 3 rings (SSSR count). The zero-order chi connectivity index (χ0) is 12.5. The summed E-state index contributed by atoms with van der Waals surface area (Å²) in [4.78, 5) is 10.5. The topological polar surface area (TPSA) is 44.0 Å². The zero-order valence-electron chi connectivity index (χ0n) is 10.5. The summed E-state index contributed by atoms with van der Waals surface area (Å²) in [5.41, 5.74) is 3.12. The van der Waals surface area contributed by atoms with Crippen LogP contribution in [0.4, 0.5) is 0 Å². The third-order valence-electron chi connectivity index (χ3n) is 3.47. The highest BCUT2D eigenvalue weighted by molar-refractivity contribution is 6.32. The van der Waals surface area contributed by atoms with E-state index in [-0.39, 0.29) is 0 Å². The molecular formula is C13H17ClN4. The van der Waals surface area contributed by atoms with E-state index < -0.39 is 0 Å². The minimum atomic E-state index is 0.780. The summed E-state index contributed by atoms with van der Waals surface area (Å²) in [6.07, 6.45) is 0. The van der Waals surface area contributed by atoms with Crippen LogP contribution in [0.2, 0.25) is 5.02 Å². The first kappa shape index (κ1) is 12.0. The molecule has 1 aromatic heterocycles. The fraction of sp³-hybridized carbons (Fsp3) is 0.462. The van der Waals surface area contributed by atoms with Crippen molar-refractivity contribution in [2.24, 2.45) is 0 Å². The SMILES string of the molecule is Cc1c(Cl)ccc2[nH]c(CN3CCNCC3)nc12. The second kappa shape index (κ2) is 4.88. The number of hydrogen-bond donors (Lipinski definition) is 2. The van der Waals surface area contributed by atoms with Crippen molar-refractivity contribution in [1.82, 2.24) is 20.2 Å². The highest BCUT2D eigenvalue weighted by Gasteiger charge is 2.13. The van der Waals surface area contributed by atoms with Crippen molar-refractivity contribution in [3.63, 3.8) is 0 Å². The van der Waals surface area contributed by atoms with Gasteiger partial charge in [-0.05, 0) is 24.6 Å². The van der Waals surface area contributed by atoms with Crippen LogP contribution in [-0.2, 0) is 6.54 Å². The smallest absolute Gasteiger partial charge is 0.121 e. The van der Waals surface area contributed by atoms with Gasteiger partial charge in [0.15, 0.2) is 0 Å². The third-order valence-corrected chi connectivity index (χ3v) is 3.88. The molecular weight excluding hydrogens is 248 g/mol. The predicted octanol–water partition coefficient (Wildman–Crippen LogP) is 1.93. The normalized spacial score (nSPS) is 17.4. The highest BCUT2D eigenvalue weighted by atomic mass is 35.5. The molecule has 0 amide bonds. The van der Waals surface area contributed by atoms with Crippen LogP contribution in [0.5, 0.6) is 0 Å². The number of nitrogens with one attached hydrogen (secondary N) is 2. The van der Waals surface area contributed by atoms with Crippen LogP contribution in [0.1, 0.15) is 11.4 Å². The lowest BCUT2D eigenvalue weighted by Crippen LogP contribution is -2.43. The van der Waals surface area contributed by atoms with E-state index in [1.807, 2.05) is 19.1 Å². The monoisotopic (exact) mass is 264 g/mol. The van der Waals surface area contributed by atoms with Gasteiger partial charge in [0.25, 0.3) is 0 Å². The third kappa shape index (κ3) is 2.23. The number of H-pyrrole nitrogens is 1. The standard InChI is InChI=1S/C13H17ClN4/c1-9-10(14)2-3-11-13(9)17-12(16-11)8-18-6-4-15-5-7-18/h2-3,15H,4-8H2,1H3,(H,16,17). The Morgan fingerprint density at radius 2 is 2.11 bits per heavy atom. The maximum absolute atomic E-state index is 6.12. The fourth-order valence-corrected chi connectivity index (χ4v) is 2.55. The van der Waals surface area contributed by atoms with Crippen LogP contribution < -0.4 is 5.32 Å². The molecule has 2 N–H and O–H groups in total. The van der Waals surface area contributed by atoms with Crippen LogP contribution in [-0.4, -0.2) is 41.0 Å². The second-order valence-electron chi connectivity index (χ2n) is 4.78. The summed E-state index contributed by atoms with van der Waals surface area (Å²) in [6, 6.07) is 3.92. The molecule has 0 unspecified atom stereocenters. The zero-order valence-corrected chi connectivity index (χ0v) is 11.2. The largest absolute Gasteiger partial charge is 0.341 e. The first-order valence-electron chi connectivity index (χ1n) is 6.31. The van der Waals surface area contributed by atoms with Crippen LogP contribution >= 0.6 is 11.6 Å². The lowest BCUT2D eigenvalue weighted by atomic mass is 10.2. The number of benzene rings is 1. The number of hydrogen-bond acceptors (Lipinski definition) is 3. The van der Waals surface area contributed by atoms with Crippen molar-refractivity contribution in [2.75, 3.05) is 26.2 Å². The molecule has 1 aliphatic rings. The molecule has 1 aromatic carbocycles. The molecule has 0 radical (unpaired) electrons. The van der Waals surface area contributed by atoms with Gasteiger partial charge in [-0.3, -0.25) is 4.90 Å². The molecule has 18 heavy (non-hydrogen) atoms. The fourth-order valence-electron chi connectivity index (χ4n) is 2.39. The van der Waals surface area contributed by atoms with Gasteiger partial charge < -0.3 is 10.3 Å². The molecule has 2 aromatic rings. The predicted molar refractivity (Wildman–Crippen MR) is 74.0 cm³/mol. The van der Waals surface area contributed by atoms with E-state index in [0.717, 1.165) is 60.2 Å². The van der Waals surface area contributed by atoms with Crippen molar-refractivity contribution >= 4 is 22.6 Å². The number of aromatic nitrogens is 2. The molecule has 5 heteroatoms. The maximum atomic E-state index is 6.12. The van der Waals surface area contributed by atoms with E-state index in [2.05, 4.69) is 20.2 Å². The van der Waals surface area contributed by atoms with E-state index in [1.165, 1.54) is 0 Å². The molecule has 4 nitrogen and oxygen atoms in total. The summed E-state index contributed by atoms with van der Waals surface area (Å²) in [5, 5.41) is 4.13. The first-order valence-corrected chi connectivity index (χ1v) is 6.68. The number of imidazole rings is 1. The maximum Gasteiger partial charge on any atom is 0.121 e. The Balaban J connectivity index is 1.86. The Morgan fingerprint density at radius 1 is 1.33 bits per heavy atom. The Bertz CT molecular complexity index is 557. The van der Waals surface area contributed by atoms with Gasteiger partial charge in [-0.1, -0.05) is 11.6 Å². The Kier molecular flexibility index (Phi) is 3.24. The molecule has 0 bridgehead atoms. The Labute approximate surface area is 111 Å². The number of nitrogens with zero attached hydrogens (tertiary/aromatic N) is 2. The average Bonchev–Trinajstić information content (AvgIpc) is 2.79. The molecule has 2 heterocycles. The number of aromatic amines is 1. The molecule has 96 valence electrons. The highest BCUT2D eigenvalue weighted by Crippen LogP contribution is 2.23. The van der Waals surface area contributed by atoms with Gasteiger partial charge >= 0.3 is 0 Å². The minimum Gasteiger partial charge on any atom is -0.341 e. The quantitative estimate of drug-likeness (QED) is 0.871. The minimum absolute atomic E-state index is 0.780. The van der Waals surface area contributed by atoms with Crippen molar-refractivity contribution in [3.05, 3.63) is 28.5 Å². The van der Waals surface area contributed by atoms with E-state index in [0.29, 0.717) is 0 Å². The summed E-state index contributed by atoms with van der Waals surface area (Å²) in [6.45, 7) is 7.18. The van der Waals surface area contributed by atoms with E-state index >= 15 is 0 Å². The van der Waals surface area contributed by atoms with Gasteiger partial charge in [0.2, 0.25) is 0 Å². The summed E-state index contributed by atoms with van der Waals surface area (Å²) in [7, 11) is 0.